The zero-order chi connectivity index (χ0) is 21.1. The van der Waals surface area contributed by atoms with Crippen LogP contribution in [0.25, 0.3) is 0 Å². The largest absolute Gasteiger partial charge is 0.447 e. The van der Waals surface area contributed by atoms with Crippen LogP contribution in [-0.4, -0.2) is 67.3 Å². The average molecular weight is 415 g/mol. The minimum Gasteiger partial charge on any atom is -0.447 e. The third-order valence-corrected chi connectivity index (χ3v) is 7.04. The zero-order valence-corrected chi connectivity index (χ0v) is 18.2. The molecule has 1 aromatic carbocycles. The summed E-state index contributed by atoms with van der Waals surface area (Å²) in [5, 5.41) is 2.99. The van der Waals surface area contributed by atoms with Gasteiger partial charge in [0.2, 0.25) is 0 Å². The van der Waals surface area contributed by atoms with Crippen LogP contribution < -0.4 is 10.2 Å². The average Bonchev–Trinajstić information content (AvgIpc) is 3.20. The first-order valence-corrected chi connectivity index (χ1v) is 11.3. The molecule has 0 aromatic heterocycles. The molecule has 3 amide bonds. The van der Waals surface area contributed by atoms with E-state index in [9.17, 15) is 9.59 Å². The standard InChI is InChI=1S/C23H34N4O3/c1-17-6-8-20(9-7-17)26-12-10-19(11-13-26)25(2)22(28)24-18-4-3-5-21(16-18)27-14-15-30-23(27)29/h3-5,16-17,19-20H,6-15H2,1-2H3,(H,24,28). The molecule has 0 atom stereocenters. The van der Waals surface area contributed by atoms with E-state index in [-0.39, 0.29) is 18.2 Å². The van der Waals surface area contributed by atoms with Gasteiger partial charge in [0.15, 0.2) is 0 Å². The summed E-state index contributed by atoms with van der Waals surface area (Å²) >= 11 is 0. The van der Waals surface area contributed by atoms with Crippen molar-refractivity contribution in [3.05, 3.63) is 24.3 Å². The Balaban J connectivity index is 1.29. The second kappa shape index (κ2) is 9.25. The van der Waals surface area contributed by atoms with Crippen molar-refractivity contribution in [2.24, 2.45) is 5.92 Å². The van der Waals surface area contributed by atoms with Gasteiger partial charge in [-0.05, 0) is 62.6 Å². The van der Waals surface area contributed by atoms with Crippen LogP contribution in [0.15, 0.2) is 24.3 Å². The van der Waals surface area contributed by atoms with Crippen molar-refractivity contribution < 1.29 is 14.3 Å². The van der Waals surface area contributed by atoms with Gasteiger partial charge in [0, 0.05) is 43.6 Å². The van der Waals surface area contributed by atoms with Gasteiger partial charge in [-0.25, -0.2) is 9.59 Å². The van der Waals surface area contributed by atoms with Crippen LogP contribution in [-0.2, 0) is 4.74 Å². The summed E-state index contributed by atoms with van der Waals surface area (Å²) < 4.78 is 5.00. The third kappa shape index (κ3) is 4.72. The Morgan fingerprint density at radius 1 is 1.10 bits per heavy atom. The number of rotatable bonds is 4. The van der Waals surface area contributed by atoms with Crippen LogP contribution in [0.5, 0.6) is 0 Å². The van der Waals surface area contributed by atoms with Gasteiger partial charge in [0.05, 0.1) is 6.54 Å². The van der Waals surface area contributed by atoms with Crippen LogP contribution in [0.1, 0.15) is 45.4 Å². The molecule has 2 aliphatic heterocycles. The van der Waals surface area contributed by atoms with E-state index in [1.165, 1.54) is 25.7 Å². The molecule has 1 aliphatic carbocycles. The molecule has 0 bridgehead atoms. The molecule has 1 aromatic rings. The van der Waals surface area contributed by atoms with Gasteiger partial charge in [0.1, 0.15) is 6.61 Å². The predicted octanol–water partition coefficient (Wildman–Crippen LogP) is 4.15. The topological polar surface area (TPSA) is 65.1 Å². The van der Waals surface area contributed by atoms with Crippen molar-refractivity contribution in [1.82, 2.24) is 9.80 Å². The Bertz CT molecular complexity index is 755. The van der Waals surface area contributed by atoms with Gasteiger partial charge in [-0.1, -0.05) is 13.0 Å². The second-order valence-corrected chi connectivity index (χ2v) is 9.04. The molecule has 7 nitrogen and oxygen atoms in total. The van der Waals surface area contributed by atoms with Gasteiger partial charge >= 0.3 is 12.1 Å². The summed E-state index contributed by atoms with van der Waals surface area (Å²) in [6.45, 7) is 5.45. The Labute approximate surface area is 179 Å². The number of hydrogen-bond acceptors (Lipinski definition) is 4. The van der Waals surface area contributed by atoms with Gasteiger partial charge in [-0.2, -0.15) is 0 Å². The number of carbonyl (C=O) groups excluding carboxylic acids is 2. The number of benzene rings is 1. The number of urea groups is 1. The molecule has 7 heteroatoms. The van der Waals surface area contributed by atoms with Crippen molar-refractivity contribution >= 4 is 23.5 Å². The lowest BCUT2D eigenvalue weighted by Crippen LogP contribution is -2.50. The molecular weight excluding hydrogens is 380 g/mol. The van der Waals surface area contributed by atoms with E-state index in [0.29, 0.717) is 18.8 Å². The van der Waals surface area contributed by atoms with E-state index >= 15 is 0 Å². The van der Waals surface area contributed by atoms with Gasteiger partial charge in [-0.3, -0.25) is 4.90 Å². The molecule has 3 fully saturated rings. The summed E-state index contributed by atoms with van der Waals surface area (Å²) in [5.41, 5.74) is 1.44. The van der Waals surface area contributed by atoms with E-state index < -0.39 is 0 Å². The second-order valence-electron chi connectivity index (χ2n) is 9.04. The molecule has 0 unspecified atom stereocenters. The molecule has 1 saturated carbocycles. The Morgan fingerprint density at radius 3 is 2.50 bits per heavy atom. The third-order valence-electron chi connectivity index (χ3n) is 7.04. The number of hydrogen-bond donors (Lipinski definition) is 1. The van der Waals surface area contributed by atoms with Crippen LogP contribution in [0.4, 0.5) is 21.0 Å². The van der Waals surface area contributed by atoms with Crippen LogP contribution >= 0.6 is 0 Å². The maximum absolute atomic E-state index is 12.8. The molecule has 30 heavy (non-hydrogen) atoms. The Morgan fingerprint density at radius 2 is 1.83 bits per heavy atom. The van der Waals surface area contributed by atoms with Crippen molar-refractivity contribution in [1.29, 1.82) is 0 Å². The smallest absolute Gasteiger partial charge is 0.414 e. The highest BCUT2D eigenvalue weighted by atomic mass is 16.6. The number of anilines is 2. The van der Waals surface area contributed by atoms with E-state index in [2.05, 4.69) is 17.1 Å². The van der Waals surface area contributed by atoms with E-state index in [4.69, 9.17) is 4.74 Å². The van der Waals surface area contributed by atoms with Gasteiger partial charge < -0.3 is 19.9 Å². The molecule has 0 radical (unpaired) electrons. The number of carbonyl (C=O) groups is 2. The molecule has 4 rings (SSSR count). The van der Waals surface area contributed by atoms with Crippen LogP contribution in [0.3, 0.4) is 0 Å². The summed E-state index contributed by atoms with van der Waals surface area (Å²) in [4.78, 5) is 30.7. The highest BCUT2D eigenvalue weighted by molar-refractivity contribution is 5.93. The van der Waals surface area contributed by atoms with Crippen LogP contribution in [0.2, 0.25) is 0 Å². The van der Waals surface area contributed by atoms with Crippen molar-refractivity contribution in [3.63, 3.8) is 0 Å². The normalized spacial score (nSPS) is 25.8. The van der Waals surface area contributed by atoms with Crippen molar-refractivity contribution in [3.8, 4) is 0 Å². The Kier molecular flexibility index (Phi) is 6.46. The maximum atomic E-state index is 12.8. The van der Waals surface area contributed by atoms with Gasteiger partial charge in [-0.15, -0.1) is 0 Å². The molecule has 2 saturated heterocycles. The quantitative estimate of drug-likeness (QED) is 0.804. The number of piperidine rings is 1. The first-order valence-electron chi connectivity index (χ1n) is 11.3. The maximum Gasteiger partial charge on any atom is 0.414 e. The van der Waals surface area contributed by atoms with E-state index in [0.717, 1.165) is 43.6 Å². The lowest BCUT2D eigenvalue weighted by Gasteiger charge is -2.42. The molecule has 164 valence electrons. The number of amides is 3. The molecule has 1 N–H and O–H groups in total. The summed E-state index contributed by atoms with van der Waals surface area (Å²) in [7, 11) is 1.89. The predicted molar refractivity (Wildman–Crippen MR) is 118 cm³/mol. The molecule has 3 aliphatic rings. The molecule has 2 heterocycles. The number of likely N-dealkylation sites (tertiary alicyclic amines) is 1. The first kappa shape index (κ1) is 21.0. The highest BCUT2D eigenvalue weighted by Crippen LogP contribution is 2.30. The van der Waals surface area contributed by atoms with Crippen molar-refractivity contribution in [2.75, 3.05) is 43.5 Å². The summed E-state index contributed by atoms with van der Waals surface area (Å²) in [5.74, 6) is 0.878. The first-order chi connectivity index (χ1) is 14.5. The number of nitrogens with zero attached hydrogens (tertiary/aromatic N) is 3. The molecular formula is C23H34N4O3. The lowest BCUT2D eigenvalue weighted by molar-refractivity contribution is 0.0844. The van der Waals surface area contributed by atoms with Crippen LogP contribution in [0, 0.1) is 5.92 Å². The van der Waals surface area contributed by atoms with E-state index in [1.807, 2.05) is 36.2 Å². The fraction of sp³-hybridized carbons (Fsp3) is 0.652. The highest BCUT2D eigenvalue weighted by Gasteiger charge is 2.30. The van der Waals surface area contributed by atoms with E-state index in [1.54, 1.807) is 4.90 Å². The summed E-state index contributed by atoms with van der Waals surface area (Å²) in [6, 6.07) is 8.28. The fourth-order valence-corrected chi connectivity index (χ4v) is 5.00. The fourth-order valence-electron chi connectivity index (χ4n) is 5.00. The van der Waals surface area contributed by atoms with Crippen molar-refractivity contribution in [2.45, 2.75) is 57.5 Å². The number of ether oxygens (including phenoxy) is 1. The Hall–Kier alpha value is -2.28. The minimum atomic E-state index is -0.338. The molecule has 0 spiro atoms. The number of nitrogens with one attached hydrogen (secondary N) is 1. The van der Waals surface area contributed by atoms with Gasteiger partial charge in [0.25, 0.3) is 0 Å². The SMILES string of the molecule is CC1CCC(N2CCC(N(C)C(=O)Nc3cccc(N4CCOC4=O)c3)CC2)CC1. The lowest BCUT2D eigenvalue weighted by atomic mass is 9.85. The summed E-state index contributed by atoms with van der Waals surface area (Å²) in [6.07, 6.45) is 7.05. The number of cyclic esters (lactones) is 1. The zero-order valence-electron chi connectivity index (χ0n) is 18.2. The minimum absolute atomic E-state index is 0.0962. The monoisotopic (exact) mass is 414 g/mol.